The first kappa shape index (κ1) is 11.1. The van der Waals surface area contributed by atoms with Crippen molar-refractivity contribution in [2.24, 2.45) is 5.92 Å². The molecule has 98 valence electrons. The van der Waals surface area contributed by atoms with Gasteiger partial charge in [0, 0.05) is 29.4 Å². The first-order valence-electron chi connectivity index (χ1n) is 7.07. The topological polar surface area (TPSA) is 42.1 Å². The molecule has 1 aromatic heterocycles. The van der Waals surface area contributed by atoms with Gasteiger partial charge in [-0.25, -0.2) is 0 Å². The van der Waals surface area contributed by atoms with E-state index in [1.165, 1.54) is 22.2 Å². The fourth-order valence-electron chi connectivity index (χ4n) is 3.60. The van der Waals surface area contributed by atoms with Gasteiger partial charge in [0.05, 0.1) is 0 Å². The highest BCUT2D eigenvalue weighted by Crippen LogP contribution is 2.34. The lowest BCUT2D eigenvalue weighted by Crippen LogP contribution is -2.32. The van der Waals surface area contributed by atoms with Crippen LogP contribution in [0.3, 0.4) is 0 Å². The summed E-state index contributed by atoms with van der Waals surface area (Å²) < 4.78 is 5.52. The average molecular weight is 255 g/mol. The zero-order valence-electron chi connectivity index (χ0n) is 10.8. The number of para-hydroxylation sites is 1. The number of aryl methyl sites for hydroxylation is 1. The Kier molecular flexibility index (Phi) is 2.40. The van der Waals surface area contributed by atoms with Gasteiger partial charge in [-0.05, 0) is 36.8 Å². The van der Waals surface area contributed by atoms with Crippen molar-refractivity contribution in [3.05, 3.63) is 35.5 Å². The second-order valence-electron chi connectivity index (χ2n) is 5.79. The van der Waals surface area contributed by atoms with Crippen LogP contribution in [-0.2, 0) is 22.4 Å². The highest BCUT2D eigenvalue weighted by molar-refractivity contribution is 5.84. The van der Waals surface area contributed by atoms with E-state index in [0.717, 1.165) is 25.7 Å². The van der Waals surface area contributed by atoms with Crippen molar-refractivity contribution < 1.29 is 9.53 Å². The molecule has 3 heteroatoms. The summed E-state index contributed by atoms with van der Waals surface area (Å²) in [5.41, 5.74) is 3.90. The van der Waals surface area contributed by atoms with E-state index in [4.69, 9.17) is 4.74 Å². The molecular formula is C16H17NO2. The summed E-state index contributed by atoms with van der Waals surface area (Å²) in [6.45, 7) is 0. The molecule has 19 heavy (non-hydrogen) atoms. The van der Waals surface area contributed by atoms with Crippen LogP contribution in [0.25, 0.3) is 10.9 Å². The zero-order valence-corrected chi connectivity index (χ0v) is 10.8. The van der Waals surface area contributed by atoms with Crippen molar-refractivity contribution >= 4 is 16.9 Å². The Morgan fingerprint density at radius 2 is 2.11 bits per heavy atom. The minimum atomic E-state index is -0.00968. The van der Waals surface area contributed by atoms with Crippen molar-refractivity contribution in [3.8, 4) is 0 Å². The lowest BCUT2D eigenvalue weighted by molar-refractivity contribution is -0.156. The summed E-state index contributed by atoms with van der Waals surface area (Å²) in [7, 11) is 0. The largest absolute Gasteiger partial charge is 0.462 e. The van der Waals surface area contributed by atoms with Crippen LogP contribution in [0.1, 0.15) is 30.5 Å². The second-order valence-corrected chi connectivity index (χ2v) is 5.79. The number of ether oxygens (including phenoxy) is 1. The number of carbonyl (C=O) groups is 1. The van der Waals surface area contributed by atoms with Crippen LogP contribution in [0.15, 0.2) is 24.3 Å². The first-order chi connectivity index (χ1) is 9.29. The van der Waals surface area contributed by atoms with Gasteiger partial charge in [-0.1, -0.05) is 18.2 Å². The van der Waals surface area contributed by atoms with Crippen LogP contribution < -0.4 is 0 Å². The number of esters is 1. The molecule has 2 aliphatic rings. The molecule has 2 bridgehead atoms. The van der Waals surface area contributed by atoms with Gasteiger partial charge >= 0.3 is 5.97 Å². The maximum Gasteiger partial charge on any atom is 0.306 e. The van der Waals surface area contributed by atoms with Gasteiger partial charge in [-0.3, -0.25) is 4.79 Å². The van der Waals surface area contributed by atoms with Crippen LogP contribution in [-0.4, -0.2) is 17.1 Å². The quantitative estimate of drug-likeness (QED) is 0.735. The van der Waals surface area contributed by atoms with Crippen molar-refractivity contribution in [2.45, 2.75) is 38.2 Å². The minimum Gasteiger partial charge on any atom is -0.462 e. The number of fused-ring (bicyclic) bond motifs is 5. The van der Waals surface area contributed by atoms with E-state index in [1.54, 1.807) is 0 Å². The number of nitrogens with one attached hydrogen (secondary N) is 1. The summed E-state index contributed by atoms with van der Waals surface area (Å²) in [6, 6.07) is 8.42. The molecule has 1 N–H and O–H groups in total. The minimum absolute atomic E-state index is 0.00968. The summed E-state index contributed by atoms with van der Waals surface area (Å²) >= 11 is 0. The van der Waals surface area contributed by atoms with Crippen molar-refractivity contribution in [1.82, 2.24) is 4.98 Å². The van der Waals surface area contributed by atoms with Gasteiger partial charge < -0.3 is 9.72 Å². The van der Waals surface area contributed by atoms with Gasteiger partial charge in [0.25, 0.3) is 0 Å². The summed E-state index contributed by atoms with van der Waals surface area (Å²) in [4.78, 5) is 15.2. The molecule has 2 unspecified atom stereocenters. The fourth-order valence-corrected chi connectivity index (χ4v) is 3.60. The second kappa shape index (κ2) is 4.12. The molecule has 0 radical (unpaired) electrons. The number of benzene rings is 1. The third kappa shape index (κ3) is 1.84. The van der Waals surface area contributed by atoms with Gasteiger partial charge in [0.15, 0.2) is 0 Å². The predicted octanol–water partition coefficient (Wildman–Crippen LogP) is 2.98. The predicted molar refractivity (Wildman–Crippen MR) is 72.9 cm³/mol. The number of hydrogen-bond donors (Lipinski definition) is 1. The molecule has 1 fully saturated rings. The van der Waals surface area contributed by atoms with Gasteiger partial charge in [0.1, 0.15) is 6.10 Å². The lowest BCUT2D eigenvalue weighted by Gasteiger charge is -2.31. The Labute approximate surface area is 112 Å². The number of aromatic nitrogens is 1. The standard InChI is InChI=1S/C16H17NO2/c18-16-8-10-5-6-15-13(9-11(7-10)19-16)12-3-1-2-4-14(12)17-15/h1-4,10-11,17H,5-9H2. The van der Waals surface area contributed by atoms with E-state index in [9.17, 15) is 4.79 Å². The molecule has 1 aromatic carbocycles. The molecule has 4 rings (SSSR count). The first-order valence-corrected chi connectivity index (χ1v) is 7.07. The van der Waals surface area contributed by atoms with Crippen LogP contribution in [0.2, 0.25) is 0 Å². The van der Waals surface area contributed by atoms with Gasteiger partial charge in [-0.2, -0.15) is 0 Å². The number of aromatic amines is 1. The molecular weight excluding hydrogens is 238 g/mol. The Morgan fingerprint density at radius 1 is 1.21 bits per heavy atom. The monoisotopic (exact) mass is 255 g/mol. The van der Waals surface area contributed by atoms with Crippen LogP contribution >= 0.6 is 0 Å². The third-order valence-corrected chi connectivity index (χ3v) is 4.49. The fraction of sp³-hybridized carbons (Fsp3) is 0.438. The van der Waals surface area contributed by atoms with E-state index < -0.39 is 0 Å². The normalized spacial score (nSPS) is 26.4. The summed E-state index contributed by atoms with van der Waals surface area (Å²) in [5.74, 6) is 0.496. The van der Waals surface area contributed by atoms with Crippen LogP contribution in [0, 0.1) is 5.92 Å². The highest BCUT2D eigenvalue weighted by atomic mass is 16.5. The molecule has 0 saturated carbocycles. The molecule has 1 aliphatic heterocycles. The van der Waals surface area contributed by atoms with Gasteiger partial charge in [-0.15, -0.1) is 0 Å². The maximum absolute atomic E-state index is 11.6. The molecule has 3 nitrogen and oxygen atoms in total. The van der Waals surface area contributed by atoms with Crippen molar-refractivity contribution in [2.75, 3.05) is 0 Å². The molecule has 2 atom stereocenters. The molecule has 0 spiro atoms. The SMILES string of the molecule is O=C1CC2CCc3[nH]c4ccccc4c3CC(C2)O1. The molecule has 2 heterocycles. The van der Waals surface area contributed by atoms with Gasteiger partial charge in [0.2, 0.25) is 0 Å². The summed E-state index contributed by atoms with van der Waals surface area (Å²) in [6.07, 6.45) is 4.71. The summed E-state index contributed by atoms with van der Waals surface area (Å²) in [5, 5.41) is 1.29. The Balaban J connectivity index is 1.80. The number of rotatable bonds is 0. The highest BCUT2D eigenvalue weighted by Gasteiger charge is 2.32. The number of H-pyrrole nitrogens is 1. The maximum atomic E-state index is 11.6. The third-order valence-electron chi connectivity index (χ3n) is 4.49. The lowest BCUT2D eigenvalue weighted by atomic mass is 9.84. The molecule has 1 aliphatic carbocycles. The molecule has 1 saturated heterocycles. The Hall–Kier alpha value is -1.77. The molecule has 0 amide bonds. The van der Waals surface area contributed by atoms with Crippen LogP contribution in [0.4, 0.5) is 0 Å². The van der Waals surface area contributed by atoms with Crippen LogP contribution in [0.5, 0.6) is 0 Å². The van der Waals surface area contributed by atoms with Crippen molar-refractivity contribution in [1.29, 1.82) is 0 Å². The average Bonchev–Trinajstić information content (AvgIpc) is 2.73. The van der Waals surface area contributed by atoms with E-state index in [2.05, 4.69) is 29.2 Å². The van der Waals surface area contributed by atoms with Crippen molar-refractivity contribution in [3.63, 3.8) is 0 Å². The molecule has 2 aromatic rings. The number of carbonyl (C=O) groups excluding carboxylic acids is 1. The Morgan fingerprint density at radius 3 is 3.05 bits per heavy atom. The van der Waals surface area contributed by atoms with E-state index in [0.29, 0.717) is 12.3 Å². The zero-order chi connectivity index (χ0) is 12.8. The van der Waals surface area contributed by atoms with E-state index in [1.807, 2.05) is 0 Å². The smallest absolute Gasteiger partial charge is 0.306 e. The Bertz CT molecular complexity index is 643. The van der Waals surface area contributed by atoms with E-state index >= 15 is 0 Å². The van der Waals surface area contributed by atoms with E-state index in [-0.39, 0.29) is 12.1 Å². The number of hydrogen-bond acceptors (Lipinski definition) is 2.